The first-order valence-electron chi connectivity index (χ1n) is 7.59. The lowest BCUT2D eigenvalue weighted by molar-refractivity contribution is -0.112. The number of carbonyl (C=O) groups is 1. The van der Waals surface area contributed by atoms with Gasteiger partial charge in [0.1, 0.15) is 5.71 Å². The number of hydrogen-bond donors (Lipinski definition) is 0. The number of Topliss-reactive ketones (excluding diaryl/α,β-unsaturated/α-hetero) is 1. The Bertz CT molecular complexity index is 793. The fourth-order valence-corrected chi connectivity index (χ4v) is 2.38. The first-order chi connectivity index (χ1) is 11.3. The van der Waals surface area contributed by atoms with Crippen LogP contribution in [-0.4, -0.2) is 11.5 Å². The first-order valence-corrected chi connectivity index (χ1v) is 7.59. The third kappa shape index (κ3) is 4.01. The van der Waals surface area contributed by atoms with Crippen LogP contribution in [0.1, 0.15) is 11.1 Å². The summed E-state index contributed by atoms with van der Waals surface area (Å²) in [6.07, 6.45) is 0.349. The second-order valence-electron chi connectivity index (χ2n) is 5.25. The molecule has 0 aromatic heterocycles. The third-order valence-electron chi connectivity index (χ3n) is 3.52. The molecule has 0 aliphatic carbocycles. The van der Waals surface area contributed by atoms with E-state index in [0.29, 0.717) is 12.1 Å². The SMILES string of the molecule is O=C(Cc1ccccc1)C(=Nc1ccccc1)c1ccccc1. The molecule has 0 heterocycles. The zero-order valence-electron chi connectivity index (χ0n) is 12.7. The van der Waals surface area contributed by atoms with Crippen LogP contribution in [-0.2, 0) is 11.2 Å². The predicted molar refractivity (Wildman–Crippen MR) is 94.2 cm³/mol. The van der Waals surface area contributed by atoms with Crippen molar-refractivity contribution in [2.75, 3.05) is 0 Å². The van der Waals surface area contributed by atoms with Gasteiger partial charge in [-0.3, -0.25) is 4.79 Å². The van der Waals surface area contributed by atoms with E-state index in [0.717, 1.165) is 16.8 Å². The zero-order valence-corrected chi connectivity index (χ0v) is 12.7. The molecule has 2 nitrogen and oxygen atoms in total. The van der Waals surface area contributed by atoms with Crippen molar-refractivity contribution in [2.45, 2.75) is 6.42 Å². The van der Waals surface area contributed by atoms with Crippen LogP contribution in [0.3, 0.4) is 0 Å². The predicted octanol–water partition coefficient (Wildman–Crippen LogP) is 4.62. The minimum Gasteiger partial charge on any atom is -0.292 e. The molecule has 2 heteroatoms. The molecule has 0 saturated carbocycles. The molecule has 0 radical (unpaired) electrons. The average Bonchev–Trinajstić information content (AvgIpc) is 2.62. The molecule has 0 spiro atoms. The van der Waals surface area contributed by atoms with Crippen LogP contribution in [0, 0.1) is 0 Å². The second kappa shape index (κ2) is 7.32. The molecule has 3 aromatic carbocycles. The van der Waals surface area contributed by atoms with Crippen LogP contribution in [0.2, 0.25) is 0 Å². The van der Waals surface area contributed by atoms with E-state index in [1.165, 1.54) is 0 Å². The number of nitrogens with zero attached hydrogens (tertiary/aromatic N) is 1. The number of aliphatic imine (C=N–C) groups is 1. The quantitative estimate of drug-likeness (QED) is 0.632. The van der Waals surface area contributed by atoms with Gasteiger partial charge in [0.05, 0.1) is 5.69 Å². The summed E-state index contributed by atoms with van der Waals surface area (Å²) < 4.78 is 0. The van der Waals surface area contributed by atoms with E-state index in [9.17, 15) is 4.79 Å². The van der Waals surface area contributed by atoms with Crippen LogP contribution < -0.4 is 0 Å². The standard InChI is InChI=1S/C21H17NO/c23-20(16-17-10-4-1-5-11-17)21(18-12-6-2-7-13-18)22-19-14-8-3-9-15-19/h1-15H,16H2. The number of carbonyl (C=O) groups excluding carboxylic acids is 1. The van der Waals surface area contributed by atoms with Gasteiger partial charge in [0.25, 0.3) is 0 Å². The van der Waals surface area contributed by atoms with Gasteiger partial charge in [-0.05, 0) is 17.7 Å². The maximum atomic E-state index is 12.8. The molecule has 0 aliphatic rings. The largest absolute Gasteiger partial charge is 0.292 e. The highest BCUT2D eigenvalue weighted by molar-refractivity contribution is 6.47. The topological polar surface area (TPSA) is 29.4 Å². The monoisotopic (exact) mass is 299 g/mol. The highest BCUT2D eigenvalue weighted by atomic mass is 16.1. The second-order valence-corrected chi connectivity index (χ2v) is 5.25. The summed E-state index contributed by atoms with van der Waals surface area (Å²) in [5.74, 6) is 0.0197. The summed E-state index contributed by atoms with van der Waals surface area (Å²) in [6, 6.07) is 29.0. The van der Waals surface area contributed by atoms with Crippen molar-refractivity contribution in [3.63, 3.8) is 0 Å². The summed E-state index contributed by atoms with van der Waals surface area (Å²) in [7, 11) is 0. The van der Waals surface area contributed by atoms with Crippen molar-refractivity contribution >= 4 is 17.2 Å². The Hall–Kier alpha value is -3.00. The van der Waals surface area contributed by atoms with E-state index >= 15 is 0 Å². The fourth-order valence-electron chi connectivity index (χ4n) is 2.38. The molecule has 3 rings (SSSR count). The van der Waals surface area contributed by atoms with Gasteiger partial charge in [-0.25, -0.2) is 4.99 Å². The molecule has 0 amide bonds. The van der Waals surface area contributed by atoms with Gasteiger partial charge in [-0.1, -0.05) is 78.9 Å². The number of para-hydroxylation sites is 1. The van der Waals surface area contributed by atoms with Crippen LogP contribution in [0.15, 0.2) is 96.0 Å². The van der Waals surface area contributed by atoms with Crippen molar-refractivity contribution in [1.29, 1.82) is 0 Å². The van der Waals surface area contributed by atoms with E-state index in [4.69, 9.17) is 0 Å². The molecule has 0 bridgehead atoms. The van der Waals surface area contributed by atoms with Gasteiger partial charge >= 0.3 is 0 Å². The normalized spacial score (nSPS) is 11.2. The molecule has 0 N–H and O–H groups in total. The summed E-state index contributed by atoms with van der Waals surface area (Å²) in [5.41, 5.74) is 3.12. The molecule has 112 valence electrons. The van der Waals surface area contributed by atoms with Gasteiger partial charge in [0, 0.05) is 12.0 Å². The van der Waals surface area contributed by atoms with Crippen molar-refractivity contribution in [2.24, 2.45) is 4.99 Å². The fraction of sp³-hybridized carbons (Fsp3) is 0.0476. The molecule has 0 aliphatic heterocycles. The van der Waals surface area contributed by atoms with E-state index in [2.05, 4.69) is 4.99 Å². The van der Waals surface area contributed by atoms with Crippen LogP contribution in [0.5, 0.6) is 0 Å². The number of rotatable bonds is 5. The molecule has 0 unspecified atom stereocenters. The smallest absolute Gasteiger partial charge is 0.186 e. The molecule has 0 atom stereocenters. The lowest BCUT2D eigenvalue weighted by Gasteiger charge is -2.07. The Morgan fingerprint density at radius 2 is 1.22 bits per heavy atom. The molecular weight excluding hydrogens is 282 g/mol. The maximum absolute atomic E-state index is 12.8. The summed E-state index contributed by atoms with van der Waals surface area (Å²) in [6.45, 7) is 0. The molecule has 3 aromatic rings. The maximum Gasteiger partial charge on any atom is 0.186 e. The Morgan fingerprint density at radius 1 is 0.696 bits per heavy atom. The Balaban J connectivity index is 1.95. The molecule has 0 saturated heterocycles. The van der Waals surface area contributed by atoms with Crippen LogP contribution in [0.25, 0.3) is 0 Å². The van der Waals surface area contributed by atoms with Crippen LogP contribution >= 0.6 is 0 Å². The zero-order chi connectivity index (χ0) is 15.9. The lowest BCUT2D eigenvalue weighted by Crippen LogP contribution is -2.17. The molecule has 23 heavy (non-hydrogen) atoms. The lowest BCUT2D eigenvalue weighted by atomic mass is 10.0. The van der Waals surface area contributed by atoms with Crippen molar-refractivity contribution in [3.8, 4) is 0 Å². The Morgan fingerprint density at radius 3 is 1.83 bits per heavy atom. The number of hydrogen-bond acceptors (Lipinski definition) is 2. The first kappa shape index (κ1) is 14.9. The van der Waals surface area contributed by atoms with Crippen molar-refractivity contribution < 1.29 is 4.79 Å². The molecule has 0 fully saturated rings. The minimum absolute atomic E-state index is 0.0197. The average molecular weight is 299 g/mol. The van der Waals surface area contributed by atoms with E-state index < -0.39 is 0 Å². The van der Waals surface area contributed by atoms with Crippen molar-refractivity contribution in [3.05, 3.63) is 102 Å². The van der Waals surface area contributed by atoms with Crippen LogP contribution in [0.4, 0.5) is 5.69 Å². The highest BCUT2D eigenvalue weighted by Crippen LogP contribution is 2.15. The van der Waals surface area contributed by atoms with Crippen molar-refractivity contribution in [1.82, 2.24) is 0 Å². The Kier molecular flexibility index (Phi) is 4.75. The van der Waals surface area contributed by atoms with E-state index in [-0.39, 0.29) is 5.78 Å². The number of benzene rings is 3. The summed E-state index contributed by atoms with van der Waals surface area (Å²) in [4.78, 5) is 17.4. The number of ketones is 1. The van der Waals surface area contributed by atoms with Gasteiger partial charge in [0.15, 0.2) is 5.78 Å². The third-order valence-corrected chi connectivity index (χ3v) is 3.52. The van der Waals surface area contributed by atoms with E-state index in [1.54, 1.807) is 0 Å². The van der Waals surface area contributed by atoms with Gasteiger partial charge < -0.3 is 0 Å². The molecular formula is C21H17NO. The van der Waals surface area contributed by atoms with E-state index in [1.807, 2.05) is 91.0 Å². The van der Waals surface area contributed by atoms with Gasteiger partial charge in [-0.2, -0.15) is 0 Å². The summed E-state index contributed by atoms with van der Waals surface area (Å²) in [5, 5.41) is 0. The van der Waals surface area contributed by atoms with Gasteiger partial charge in [0.2, 0.25) is 0 Å². The summed E-state index contributed by atoms with van der Waals surface area (Å²) >= 11 is 0. The van der Waals surface area contributed by atoms with Gasteiger partial charge in [-0.15, -0.1) is 0 Å². The minimum atomic E-state index is 0.0197. The highest BCUT2D eigenvalue weighted by Gasteiger charge is 2.14. The Labute approximate surface area is 136 Å².